The van der Waals surface area contributed by atoms with Gasteiger partial charge in [-0.05, 0) is 55.7 Å². The van der Waals surface area contributed by atoms with Crippen LogP contribution in [0.3, 0.4) is 0 Å². The van der Waals surface area contributed by atoms with Crippen molar-refractivity contribution in [3.05, 3.63) is 40.6 Å². The van der Waals surface area contributed by atoms with Crippen molar-refractivity contribution in [3.63, 3.8) is 0 Å². The van der Waals surface area contributed by atoms with E-state index >= 15 is 0 Å². The molecule has 1 aromatic rings. The molecule has 0 radical (unpaired) electrons. The Kier molecular flexibility index (Phi) is 6.20. The number of carbonyl (C=O) groups excluding carboxylic acids is 1. The lowest BCUT2D eigenvalue weighted by Gasteiger charge is -2.32. The lowest BCUT2D eigenvalue weighted by molar-refractivity contribution is -0.139. The highest BCUT2D eigenvalue weighted by molar-refractivity contribution is 7.80. The minimum absolute atomic E-state index is 0.316. The summed E-state index contributed by atoms with van der Waals surface area (Å²) in [6, 6.07) is 5.47. The Labute approximate surface area is 148 Å². The van der Waals surface area contributed by atoms with E-state index in [2.05, 4.69) is 17.6 Å². The molecular weight excluding hydrogens is 324 g/mol. The summed E-state index contributed by atoms with van der Waals surface area (Å²) in [5.41, 5.74) is 3.44. The second kappa shape index (κ2) is 8.15. The van der Waals surface area contributed by atoms with E-state index in [1.807, 2.05) is 25.1 Å². The van der Waals surface area contributed by atoms with E-state index in [1.54, 1.807) is 14.0 Å². The molecule has 0 unspecified atom stereocenters. The molecule has 1 heterocycles. The molecule has 6 heteroatoms. The van der Waals surface area contributed by atoms with Crippen molar-refractivity contribution in [2.45, 2.75) is 39.7 Å². The topological polar surface area (TPSA) is 59.6 Å². The van der Waals surface area contributed by atoms with Crippen molar-refractivity contribution in [3.8, 4) is 5.75 Å². The highest BCUT2D eigenvalue weighted by Crippen LogP contribution is 2.32. The number of aryl methyl sites for hydroxylation is 1. The Morgan fingerprint density at radius 2 is 2.08 bits per heavy atom. The number of hydrogen-bond donors (Lipinski definition) is 2. The average molecular weight is 348 g/mol. The van der Waals surface area contributed by atoms with E-state index in [-0.39, 0.29) is 12.0 Å². The van der Waals surface area contributed by atoms with Gasteiger partial charge in [-0.25, -0.2) is 4.79 Å². The number of rotatable bonds is 6. The molecule has 2 N–H and O–H groups in total. The first-order valence-electron chi connectivity index (χ1n) is 8.14. The number of methoxy groups -OCH3 is 1. The van der Waals surface area contributed by atoms with Crippen LogP contribution in [0.5, 0.6) is 5.75 Å². The molecule has 1 aromatic carbocycles. The van der Waals surface area contributed by atoms with E-state index in [1.165, 1.54) is 0 Å². The van der Waals surface area contributed by atoms with Crippen molar-refractivity contribution >= 4 is 23.3 Å². The quantitative estimate of drug-likeness (QED) is 0.608. The van der Waals surface area contributed by atoms with Crippen LogP contribution >= 0.6 is 12.2 Å². The fraction of sp³-hybridized carbons (Fsp3) is 0.444. The molecule has 0 aromatic heterocycles. The first-order chi connectivity index (χ1) is 11.5. The Morgan fingerprint density at radius 1 is 1.33 bits per heavy atom. The lowest BCUT2D eigenvalue weighted by atomic mass is 9.91. The molecule has 0 amide bonds. The number of benzene rings is 1. The van der Waals surface area contributed by atoms with Gasteiger partial charge in [0.15, 0.2) is 5.11 Å². The van der Waals surface area contributed by atoms with Crippen LogP contribution < -0.4 is 15.4 Å². The van der Waals surface area contributed by atoms with E-state index in [0.29, 0.717) is 17.3 Å². The predicted molar refractivity (Wildman–Crippen MR) is 97.9 cm³/mol. The van der Waals surface area contributed by atoms with E-state index in [4.69, 9.17) is 21.7 Å². The number of thiocarbonyl (C=S) groups is 1. The van der Waals surface area contributed by atoms with Gasteiger partial charge in [-0.3, -0.25) is 0 Å². The molecule has 0 saturated carbocycles. The van der Waals surface area contributed by atoms with Crippen molar-refractivity contribution in [1.29, 1.82) is 0 Å². The van der Waals surface area contributed by atoms with E-state index in [9.17, 15) is 4.79 Å². The Bertz CT molecular complexity index is 670. The molecule has 0 aliphatic carbocycles. The molecule has 130 valence electrons. The second-order valence-electron chi connectivity index (χ2n) is 5.62. The predicted octanol–water partition coefficient (Wildman–Crippen LogP) is 3.14. The molecule has 2 rings (SSSR count). The summed E-state index contributed by atoms with van der Waals surface area (Å²) in [5, 5.41) is 6.85. The van der Waals surface area contributed by atoms with Gasteiger partial charge in [-0.2, -0.15) is 0 Å². The van der Waals surface area contributed by atoms with Gasteiger partial charge in [-0.15, -0.1) is 0 Å². The molecule has 1 atom stereocenters. The Hall–Kier alpha value is -2.08. The van der Waals surface area contributed by atoms with Gasteiger partial charge in [0, 0.05) is 5.70 Å². The normalized spacial score (nSPS) is 17.2. The zero-order valence-electron chi connectivity index (χ0n) is 14.6. The number of hydrogen-bond acceptors (Lipinski definition) is 4. The third-order valence-corrected chi connectivity index (χ3v) is 4.16. The summed E-state index contributed by atoms with van der Waals surface area (Å²) >= 11 is 5.34. The number of esters is 1. The van der Waals surface area contributed by atoms with E-state index in [0.717, 1.165) is 35.4 Å². The van der Waals surface area contributed by atoms with Crippen LogP contribution in [0, 0.1) is 6.92 Å². The van der Waals surface area contributed by atoms with Crippen molar-refractivity contribution < 1.29 is 14.3 Å². The molecule has 24 heavy (non-hydrogen) atoms. The molecular formula is C18H24N2O3S. The second-order valence-corrected chi connectivity index (χ2v) is 6.02. The first kappa shape index (κ1) is 18.3. The van der Waals surface area contributed by atoms with Gasteiger partial charge in [0.2, 0.25) is 0 Å². The van der Waals surface area contributed by atoms with E-state index < -0.39 is 0 Å². The van der Waals surface area contributed by atoms with Crippen LogP contribution in [0.15, 0.2) is 29.5 Å². The van der Waals surface area contributed by atoms with Gasteiger partial charge >= 0.3 is 5.97 Å². The Balaban J connectivity index is 2.53. The maximum absolute atomic E-state index is 12.6. The monoisotopic (exact) mass is 348 g/mol. The number of allylic oxidation sites excluding steroid dienone is 1. The van der Waals surface area contributed by atoms with Crippen molar-refractivity contribution in [2.75, 3.05) is 13.7 Å². The maximum Gasteiger partial charge on any atom is 0.338 e. The number of ether oxygens (including phenoxy) is 2. The first-order valence-corrected chi connectivity index (χ1v) is 8.54. The molecule has 1 aliphatic heterocycles. The van der Waals surface area contributed by atoms with Crippen molar-refractivity contribution in [2.24, 2.45) is 0 Å². The zero-order valence-corrected chi connectivity index (χ0v) is 15.4. The SMILES string of the molecule is CCCC1=C(C(=O)OCC)[C@@H](c2ccc(OC)cc2C)NC(=S)N1. The molecule has 1 aliphatic rings. The molecule has 0 bridgehead atoms. The fourth-order valence-electron chi connectivity index (χ4n) is 2.85. The highest BCUT2D eigenvalue weighted by atomic mass is 32.1. The standard InChI is InChI=1S/C18H24N2O3S/c1-5-7-14-15(17(21)23-6-2)16(20-18(24)19-14)13-9-8-12(22-4)10-11(13)3/h8-10,16H,5-7H2,1-4H3,(H2,19,20,24)/t16-/m1/s1. The van der Waals surface area contributed by atoms with Crippen LogP contribution in [0.25, 0.3) is 0 Å². The molecule has 0 spiro atoms. The zero-order chi connectivity index (χ0) is 17.7. The lowest BCUT2D eigenvalue weighted by Crippen LogP contribution is -2.46. The average Bonchev–Trinajstić information content (AvgIpc) is 2.54. The Morgan fingerprint density at radius 3 is 2.67 bits per heavy atom. The number of nitrogens with one attached hydrogen (secondary N) is 2. The third-order valence-electron chi connectivity index (χ3n) is 3.94. The van der Waals surface area contributed by atoms with Crippen molar-refractivity contribution in [1.82, 2.24) is 10.6 Å². The third kappa shape index (κ3) is 3.87. The number of carbonyl (C=O) groups is 1. The summed E-state index contributed by atoms with van der Waals surface area (Å²) in [5.74, 6) is 0.465. The molecule has 0 fully saturated rings. The maximum atomic E-state index is 12.6. The van der Waals surface area contributed by atoms with Gasteiger partial charge in [-0.1, -0.05) is 19.4 Å². The highest BCUT2D eigenvalue weighted by Gasteiger charge is 2.32. The summed E-state index contributed by atoms with van der Waals surface area (Å²) in [6.07, 6.45) is 1.64. The summed E-state index contributed by atoms with van der Waals surface area (Å²) in [7, 11) is 1.63. The largest absolute Gasteiger partial charge is 0.497 e. The van der Waals surface area contributed by atoms with Crippen LogP contribution in [0.1, 0.15) is 43.9 Å². The molecule has 0 saturated heterocycles. The van der Waals surface area contributed by atoms with Crippen LogP contribution in [0.2, 0.25) is 0 Å². The smallest absolute Gasteiger partial charge is 0.338 e. The van der Waals surface area contributed by atoms with Crippen LogP contribution in [0.4, 0.5) is 0 Å². The van der Waals surface area contributed by atoms with Gasteiger partial charge in [0.05, 0.1) is 25.3 Å². The summed E-state index contributed by atoms with van der Waals surface area (Å²) in [6.45, 7) is 6.20. The molecule has 5 nitrogen and oxygen atoms in total. The van der Waals surface area contributed by atoms with Crippen LogP contribution in [-0.2, 0) is 9.53 Å². The summed E-state index contributed by atoms with van der Waals surface area (Å²) < 4.78 is 10.6. The minimum Gasteiger partial charge on any atom is -0.497 e. The fourth-order valence-corrected chi connectivity index (χ4v) is 3.09. The van der Waals surface area contributed by atoms with Gasteiger partial charge in [0.25, 0.3) is 0 Å². The van der Waals surface area contributed by atoms with Crippen LogP contribution in [-0.4, -0.2) is 24.8 Å². The minimum atomic E-state index is -0.328. The van der Waals surface area contributed by atoms with Gasteiger partial charge < -0.3 is 20.1 Å². The van der Waals surface area contributed by atoms with Gasteiger partial charge in [0.1, 0.15) is 5.75 Å². The summed E-state index contributed by atoms with van der Waals surface area (Å²) in [4.78, 5) is 12.6.